The van der Waals surface area contributed by atoms with Crippen molar-refractivity contribution in [2.24, 2.45) is 0 Å². The summed E-state index contributed by atoms with van der Waals surface area (Å²) in [6.07, 6.45) is 4.87. The van der Waals surface area contributed by atoms with Crippen LogP contribution in [0.3, 0.4) is 0 Å². The largest absolute Gasteiger partial charge is 0.341 e. The third-order valence-electron chi connectivity index (χ3n) is 6.40. The van der Waals surface area contributed by atoms with E-state index in [4.69, 9.17) is 71.0 Å². The molecule has 6 aromatic heterocycles. The van der Waals surface area contributed by atoms with Crippen molar-refractivity contribution in [3.8, 4) is 0 Å². The first-order valence-corrected chi connectivity index (χ1v) is 16.0. The number of nitrogens with zero attached hydrogens (tertiary/aromatic N) is 11. The minimum atomic E-state index is -1.00. The molecule has 0 bridgehead atoms. The summed E-state index contributed by atoms with van der Waals surface area (Å²) in [5, 5.41) is 1.22. The van der Waals surface area contributed by atoms with Crippen LogP contribution in [0.15, 0.2) is 79.6 Å². The Labute approximate surface area is 308 Å². The maximum atomic E-state index is 9.96. The zero-order chi connectivity index (χ0) is 35.6. The Morgan fingerprint density at radius 1 is 0.633 bits per heavy atom. The average Bonchev–Trinajstić information content (AvgIpc) is 3.83. The second-order valence-electron chi connectivity index (χ2n) is 9.51. The first-order chi connectivity index (χ1) is 24.2. The van der Waals surface area contributed by atoms with E-state index in [1.165, 1.54) is 6.33 Å². The number of alkyl halides is 1. The van der Waals surface area contributed by atoms with Crippen LogP contribution >= 0.6 is 69.6 Å². The summed E-state index contributed by atoms with van der Waals surface area (Å²) in [6.45, 7) is 1.34. The summed E-state index contributed by atoms with van der Waals surface area (Å²) < 4.78 is 19.3. The Morgan fingerprint density at radius 3 is 1.82 bits per heavy atom. The van der Waals surface area contributed by atoms with E-state index >= 15 is 0 Å². The quantitative estimate of drug-likeness (QED) is 0.137. The number of aromatic amines is 1. The highest BCUT2D eigenvalue weighted by molar-refractivity contribution is 6.36. The Balaban J connectivity index is 0.000000144. The van der Waals surface area contributed by atoms with Crippen LogP contribution in [0, 0.1) is 0 Å². The van der Waals surface area contributed by atoms with Gasteiger partial charge >= 0.3 is 0 Å². The van der Waals surface area contributed by atoms with Gasteiger partial charge in [-0.05, 0) is 45.9 Å². The van der Waals surface area contributed by atoms with Crippen molar-refractivity contribution in [2.45, 2.75) is 13.1 Å². The third-order valence-corrected chi connectivity index (χ3v) is 7.71. The number of imidazole rings is 3. The number of H-pyrrole nitrogens is 1. The van der Waals surface area contributed by atoms with E-state index in [2.05, 4.69) is 49.8 Å². The monoisotopic (exact) mass is 779 g/mol. The molecule has 0 atom stereocenters. The summed E-state index contributed by atoms with van der Waals surface area (Å²) in [4.78, 5) is 38.6. The topological polar surface area (TPSA) is 142 Å². The summed E-state index contributed by atoms with van der Waals surface area (Å²) in [6, 6.07) is 20.1. The lowest BCUT2D eigenvalue weighted by molar-refractivity contribution is 0.636. The molecule has 49 heavy (non-hydrogen) atoms. The molecule has 0 radical (unpaired) electrons. The molecule has 0 fully saturated rings. The van der Waals surface area contributed by atoms with Crippen molar-refractivity contribution in [1.82, 2.24) is 59.0 Å². The molecule has 8 aromatic rings. The fourth-order valence-electron chi connectivity index (χ4n) is 4.36. The van der Waals surface area contributed by atoms with Crippen molar-refractivity contribution in [1.29, 1.82) is 0 Å². The van der Waals surface area contributed by atoms with Crippen molar-refractivity contribution >= 4 is 103 Å². The minimum Gasteiger partial charge on any atom is -0.341 e. The van der Waals surface area contributed by atoms with Crippen LogP contribution in [0.4, 0.5) is 4.39 Å². The molecule has 0 saturated heterocycles. The number of nitrogens with one attached hydrogen (secondary N) is 1. The van der Waals surface area contributed by atoms with E-state index in [-0.39, 0.29) is 26.2 Å². The number of benzene rings is 2. The fourth-order valence-corrected chi connectivity index (χ4v) is 5.69. The maximum absolute atomic E-state index is 9.96. The van der Waals surface area contributed by atoms with Gasteiger partial charge in [0, 0.05) is 6.54 Å². The molecule has 2 aromatic carbocycles. The Morgan fingerprint density at radius 2 is 1.16 bits per heavy atom. The van der Waals surface area contributed by atoms with E-state index in [9.17, 15) is 4.39 Å². The lowest BCUT2D eigenvalue weighted by Gasteiger charge is -2.04. The number of fused-ring (bicyclic) bond motifs is 3. The third kappa shape index (κ3) is 9.06. The highest BCUT2D eigenvalue weighted by Crippen LogP contribution is 2.23. The predicted molar refractivity (Wildman–Crippen MR) is 191 cm³/mol. The average molecular weight is 782 g/mol. The molecule has 0 saturated carbocycles. The fraction of sp³-hybridized carbons (Fsp3) is 0.100. The second kappa shape index (κ2) is 16.9. The van der Waals surface area contributed by atoms with Crippen LogP contribution in [0.1, 0.15) is 12.5 Å². The molecule has 8 rings (SSSR count). The highest BCUT2D eigenvalue weighted by atomic mass is 35.5. The lowest BCUT2D eigenvalue weighted by atomic mass is 10.2. The van der Waals surface area contributed by atoms with Crippen LogP contribution in [-0.4, -0.2) is 66.1 Å². The second-order valence-corrected chi connectivity index (χ2v) is 11.6. The zero-order valence-corrected chi connectivity index (χ0v) is 29.2. The summed E-state index contributed by atoms with van der Waals surface area (Å²) in [7, 11) is -1.00. The molecule has 6 heterocycles. The van der Waals surface area contributed by atoms with E-state index < -0.39 is 7.15 Å². The van der Waals surface area contributed by atoms with Crippen molar-refractivity contribution < 1.29 is 5.76 Å². The Bertz CT molecular complexity index is 2320. The van der Waals surface area contributed by atoms with Gasteiger partial charge in [0.25, 0.3) is 0 Å². The van der Waals surface area contributed by atoms with Gasteiger partial charge < -0.3 is 14.1 Å². The van der Waals surface area contributed by atoms with Gasteiger partial charge in [-0.2, -0.15) is 15.0 Å². The van der Waals surface area contributed by atoms with Gasteiger partial charge in [0.1, 0.15) is 16.6 Å². The standard InChI is InChI=1S/2C12H8Cl2N4.C5H2Cl2N4.CH3F/c13-10-9-11(17-12(14)16-10)15-7-18(9)6-8-4-2-1-3-5-8;13-10-9-11(17-12(14)16-10)18(7-15-9)6-8-4-2-1-3-5-8;6-3-2-4(9-1-8-2)11-5(7)10-3;1-2/h2*1-5,7H,6H2;1H,(H,8,9,10,11);1H3/i;;;1D. The Kier molecular flexibility index (Phi) is 12.0. The van der Waals surface area contributed by atoms with Gasteiger partial charge in [0.15, 0.2) is 32.4 Å². The van der Waals surface area contributed by atoms with Gasteiger partial charge in [0.2, 0.25) is 15.9 Å². The summed E-state index contributed by atoms with van der Waals surface area (Å²) >= 11 is 34.8. The molecule has 250 valence electrons. The van der Waals surface area contributed by atoms with Crippen LogP contribution in [0.2, 0.25) is 31.3 Å². The molecule has 0 aliphatic carbocycles. The van der Waals surface area contributed by atoms with Crippen LogP contribution in [0.5, 0.6) is 0 Å². The number of hydrogen-bond acceptors (Lipinski definition) is 9. The van der Waals surface area contributed by atoms with E-state index in [1.807, 2.05) is 69.8 Å². The van der Waals surface area contributed by atoms with Gasteiger partial charge in [-0.1, -0.05) is 95.5 Å². The normalized spacial score (nSPS) is 10.9. The molecule has 19 heteroatoms. The van der Waals surface area contributed by atoms with Gasteiger partial charge in [-0.15, -0.1) is 0 Å². The molecular weight excluding hydrogens is 760 g/mol. The van der Waals surface area contributed by atoms with Crippen LogP contribution < -0.4 is 0 Å². The minimum absolute atomic E-state index is 0.106. The smallest absolute Gasteiger partial charge is 0.225 e. The van der Waals surface area contributed by atoms with Crippen LogP contribution in [0.25, 0.3) is 33.5 Å². The molecule has 0 unspecified atom stereocenters. The van der Waals surface area contributed by atoms with Crippen molar-refractivity contribution in [3.05, 3.63) is 122 Å². The van der Waals surface area contributed by atoms with E-state index in [0.29, 0.717) is 51.7 Å². The van der Waals surface area contributed by atoms with Crippen molar-refractivity contribution in [3.63, 3.8) is 0 Å². The molecule has 0 spiro atoms. The Hall–Kier alpha value is -4.24. The maximum Gasteiger partial charge on any atom is 0.225 e. The molecule has 0 amide bonds. The SMILES string of the molecule is Clc1nc(Cl)c2[nH]cnc2n1.Clc1nc(Cl)c2c(ncn2Cc2ccccc2)n1.Clc1nc(Cl)c2ncn(Cc3ccccc3)c2n1.[2H]CF. The van der Waals surface area contributed by atoms with E-state index in [0.717, 1.165) is 11.1 Å². The molecule has 12 nitrogen and oxygen atoms in total. The summed E-state index contributed by atoms with van der Waals surface area (Å²) in [5.74, 6) is 0. The lowest BCUT2D eigenvalue weighted by Crippen LogP contribution is -1.99. The highest BCUT2D eigenvalue weighted by Gasteiger charge is 2.12. The number of aromatic nitrogens is 12. The van der Waals surface area contributed by atoms with E-state index in [1.54, 1.807) is 12.7 Å². The first-order valence-electron chi connectivity index (χ1n) is 14.4. The number of rotatable bonds is 4. The number of hydrogen-bond donors (Lipinski definition) is 1. The molecular formula is C30H21Cl6FN12. The molecule has 0 aliphatic rings. The van der Waals surface area contributed by atoms with Crippen LogP contribution in [-0.2, 0) is 13.1 Å². The zero-order valence-electron chi connectivity index (χ0n) is 25.7. The van der Waals surface area contributed by atoms with Gasteiger partial charge in [-0.25, -0.2) is 29.9 Å². The van der Waals surface area contributed by atoms with Crippen molar-refractivity contribution in [2.75, 3.05) is 7.15 Å². The predicted octanol–water partition coefficient (Wildman–Crippen LogP) is 8.61. The first kappa shape index (κ1) is 34.6. The summed E-state index contributed by atoms with van der Waals surface area (Å²) in [5.41, 5.74) is 5.82. The van der Waals surface area contributed by atoms with Gasteiger partial charge in [0.05, 0.1) is 34.1 Å². The van der Waals surface area contributed by atoms with Gasteiger partial charge in [-0.3, -0.25) is 4.39 Å². The molecule has 1 N–H and O–H groups in total. The number of halogens is 7. The molecule has 0 aliphatic heterocycles.